The molecule has 2 rings (SSSR count). The number of rotatable bonds is 4. The van der Waals surface area contributed by atoms with Gasteiger partial charge in [0.15, 0.2) is 5.82 Å². The van der Waals surface area contributed by atoms with Gasteiger partial charge < -0.3 is 4.90 Å². The fourth-order valence-electron chi connectivity index (χ4n) is 2.76. The summed E-state index contributed by atoms with van der Waals surface area (Å²) in [7, 11) is 0. The number of carbonyl (C=O) groups is 1. The fraction of sp³-hybridized carbons (Fsp3) is 0.533. The highest BCUT2D eigenvalue weighted by atomic mass is 35.5. The molecule has 0 radical (unpaired) electrons. The molecule has 1 aliphatic rings. The SMILES string of the molecule is O=C(c1cccc(Cl)c1F)N(CCCl)C1CCCCC1. The first-order valence-electron chi connectivity index (χ1n) is 6.96. The average molecular weight is 318 g/mol. The number of carbonyl (C=O) groups excluding carboxylic acids is 1. The van der Waals surface area contributed by atoms with E-state index in [-0.39, 0.29) is 22.5 Å². The molecule has 20 heavy (non-hydrogen) atoms. The van der Waals surface area contributed by atoms with Crippen LogP contribution in [0, 0.1) is 5.82 Å². The Morgan fingerprint density at radius 1 is 1.30 bits per heavy atom. The maximum atomic E-state index is 14.0. The van der Waals surface area contributed by atoms with E-state index in [1.54, 1.807) is 11.0 Å². The van der Waals surface area contributed by atoms with Gasteiger partial charge in [-0.3, -0.25) is 4.79 Å². The van der Waals surface area contributed by atoms with E-state index < -0.39 is 5.82 Å². The number of halogens is 3. The first-order chi connectivity index (χ1) is 9.65. The van der Waals surface area contributed by atoms with E-state index in [4.69, 9.17) is 23.2 Å². The zero-order valence-corrected chi connectivity index (χ0v) is 12.8. The molecule has 1 saturated carbocycles. The summed E-state index contributed by atoms with van der Waals surface area (Å²) in [4.78, 5) is 14.3. The van der Waals surface area contributed by atoms with Crippen LogP contribution in [0.2, 0.25) is 5.02 Å². The van der Waals surface area contributed by atoms with Crippen LogP contribution in [0.1, 0.15) is 42.5 Å². The van der Waals surface area contributed by atoms with E-state index in [1.165, 1.54) is 18.6 Å². The molecule has 0 N–H and O–H groups in total. The minimum atomic E-state index is -0.644. The van der Waals surface area contributed by atoms with Crippen LogP contribution >= 0.6 is 23.2 Å². The van der Waals surface area contributed by atoms with Crippen molar-refractivity contribution in [3.8, 4) is 0 Å². The van der Waals surface area contributed by atoms with Gasteiger partial charge >= 0.3 is 0 Å². The predicted molar refractivity (Wildman–Crippen MR) is 80.0 cm³/mol. The highest BCUT2D eigenvalue weighted by molar-refractivity contribution is 6.31. The third-order valence-corrected chi connectivity index (χ3v) is 4.24. The number of hydrogen-bond donors (Lipinski definition) is 0. The lowest BCUT2D eigenvalue weighted by molar-refractivity contribution is 0.0645. The molecule has 0 atom stereocenters. The molecule has 1 aliphatic carbocycles. The largest absolute Gasteiger partial charge is 0.334 e. The summed E-state index contributed by atoms with van der Waals surface area (Å²) in [5.74, 6) is -0.600. The van der Waals surface area contributed by atoms with Crippen molar-refractivity contribution in [3.63, 3.8) is 0 Å². The van der Waals surface area contributed by atoms with E-state index in [2.05, 4.69) is 0 Å². The number of alkyl halides is 1. The zero-order valence-electron chi connectivity index (χ0n) is 11.2. The van der Waals surface area contributed by atoms with Gasteiger partial charge in [-0.15, -0.1) is 11.6 Å². The van der Waals surface area contributed by atoms with Crippen LogP contribution in [0.5, 0.6) is 0 Å². The van der Waals surface area contributed by atoms with Crippen LogP contribution in [0.15, 0.2) is 18.2 Å². The molecular weight excluding hydrogens is 300 g/mol. The molecule has 0 saturated heterocycles. The van der Waals surface area contributed by atoms with Crippen molar-refractivity contribution >= 4 is 29.1 Å². The Morgan fingerprint density at radius 3 is 2.65 bits per heavy atom. The number of hydrogen-bond acceptors (Lipinski definition) is 1. The third kappa shape index (κ3) is 3.44. The summed E-state index contributed by atoms with van der Waals surface area (Å²) in [6.45, 7) is 0.441. The Labute approximate surface area is 128 Å². The first-order valence-corrected chi connectivity index (χ1v) is 7.87. The third-order valence-electron chi connectivity index (χ3n) is 3.78. The van der Waals surface area contributed by atoms with Crippen LogP contribution in [-0.2, 0) is 0 Å². The van der Waals surface area contributed by atoms with E-state index >= 15 is 0 Å². The lowest BCUT2D eigenvalue weighted by atomic mass is 9.93. The van der Waals surface area contributed by atoms with Gasteiger partial charge in [0, 0.05) is 18.5 Å². The van der Waals surface area contributed by atoms with E-state index in [0.717, 1.165) is 25.7 Å². The Balaban J connectivity index is 2.23. The summed E-state index contributed by atoms with van der Waals surface area (Å²) >= 11 is 11.6. The molecule has 110 valence electrons. The van der Waals surface area contributed by atoms with Crippen molar-refractivity contribution in [1.82, 2.24) is 4.90 Å². The number of amides is 1. The van der Waals surface area contributed by atoms with Crippen LogP contribution in [0.4, 0.5) is 4.39 Å². The Hall–Kier alpha value is -0.800. The maximum absolute atomic E-state index is 14.0. The number of nitrogens with zero attached hydrogens (tertiary/aromatic N) is 1. The molecular formula is C15H18Cl2FNO. The van der Waals surface area contributed by atoms with Gasteiger partial charge in [0.25, 0.3) is 5.91 Å². The van der Waals surface area contributed by atoms with Gasteiger partial charge in [0.1, 0.15) is 0 Å². The zero-order chi connectivity index (χ0) is 14.5. The van der Waals surface area contributed by atoms with Crippen molar-refractivity contribution in [3.05, 3.63) is 34.6 Å². The Morgan fingerprint density at radius 2 is 2.00 bits per heavy atom. The summed E-state index contributed by atoms with van der Waals surface area (Å²) in [6, 6.07) is 4.68. The van der Waals surface area contributed by atoms with E-state index in [1.807, 2.05) is 0 Å². The molecule has 0 bridgehead atoms. The molecule has 1 aromatic rings. The van der Waals surface area contributed by atoms with E-state index in [9.17, 15) is 9.18 Å². The van der Waals surface area contributed by atoms with Crippen LogP contribution < -0.4 is 0 Å². The Kier molecular flexibility index (Phi) is 5.67. The summed E-state index contributed by atoms with van der Waals surface area (Å²) in [6.07, 6.45) is 5.34. The van der Waals surface area contributed by atoms with Gasteiger partial charge in [0.2, 0.25) is 0 Å². The summed E-state index contributed by atoms with van der Waals surface area (Å²) in [5, 5.41) is -0.0229. The van der Waals surface area contributed by atoms with Gasteiger partial charge in [-0.05, 0) is 25.0 Å². The second-order valence-electron chi connectivity index (χ2n) is 5.08. The van der Waals surface area contributed by atoms with Crippen LogP contribution in [0.3, 0.4) is 0 Å². The topological polar surface area (TPSA) is 20.3 Å². The first kappa shape index (κ1) is 15.6. The second kappa shape index (κ2) is 7.28. The van der Waals surface area contributed by atoms with Crippen molar-refractivity contribution in [2.75, 3.05) is 12.4 Å². The van der Waals surface area contributed by atoms with Crippen LogP contribution in [-0.4, -0.2) is 29.3 Å². The summed E-state index contributed by atoms with van der Waals surface area (Å²) in [5.41, 5.74) is 0.0354. The predicted octanol–water partition coefficient (Wildman–Crippen LogP) is 4.49. The van der Waals surface area contributed by atoms with Gasteiger partial charge in [-0.25, -0.2) is 4.39 Å². The highest BCUT2D eigenvalue weighted by Gasteiger charge is 2.27. The lowest BCUT2D eigenvalue weighted by Crippen LogP contribution is -2.43. The average Bonchev–Trinajstić information content (AvgIpc) is 2.48. The molecule has 1 fully saturated rings. The minimum Gasteiger partial charge on any atom is -0.334 e. The maximum Gasteiger partial charge on any atom is 0.257 e. The molecule has 0 aromatic heterocycles. The molecule has 0 heterocycles. The molecule has 0 unspecified atom stereocenters. The van der Waals surface area contributed by atoms with Crippen molar-refractivity contribution < 1.29 is 9.18 Å². The normalized spacial score (nSPS) is 16.1. The van der Waals surface area contributed by atoms with Crippen molar-refractivity contribution in [2.45, 2.75) is 38.1 Å². The van der Waals surface area contributed by atoms with E-state index in [0.29, 0.717) is 12.4 Å². The van der Waals surface area contributed by atoms with Crippen molar-refractivity contribution in [2.24, 2.45) is 0 Å². The molecule has 2 nitrogen and oxygen atoms in total. The van der Waals surface area contributed by atoms with Gasteiger partial charge in [-0.2, -0.15) is 0 Å². The smallest absolute Gasteiger partial charge is 0.257 e. The number of benzene rings is 1. The van der Waals surface area contributed by atoms with Crippen LogP contribution in [0.25, 0.3) is 0 Å². The Bertz CT molecular complexity index is 475. The second-order valence-corrected chi connectivity index (χ2v) is 5.87. The monoisotopic (exact) mass is 317 g/mol. The molecule has 1 amide bonds. The fourth-order valence-corrected chi connectivity index (χ4v) is 3.11. The quantitative estimate of drug-likeness (QED) is 0.749. The summed E-state index contributed by atoms with van der Waals surface area (Å²) < 4.78 is 14.0. The minimum absolute atomic E-state index is 0.0229. The molecule has 1 aromatic carbocycles. The standard InChI is InChI=1S/C15H18Cl2FNO/c16-9-10-19(11-5-2-1-3-6-11)15(20)12-7-4-8-13(17)14(12)18/h4,7-8,11H,1-3,5-6,9-10H2. The van der Waals surface area contributed by atoms with Crippen molar-refractivity contribution in [1.29, 1.82) is 0 Å². The van der Waals surface area contributed by atoms with Gasteiger partial charge in [-0.1, -0.05) is 36.9 Å². The molecule has 0 spiro atoms. The lowest BCUT2D eigenvalue weighted by Gasteiger charge is -2.34. The van der Waals surface area contributed by atoms with Gasteiger partial charge in [0.05, 0.1) is 10.6 Å². The molecule has 0 aliphatic heterocycles. The highest BCUT2D eigenvalue weighted by Crippen LogP contribution is 2.26. The molecule has 5 heteroatoms.